The van der Waals surface area contributed by atoms with Crippen molar-refractivity contribution in [3.8, 4) is 5.69 Å². The van der Waals surface area contributed by atoms with E-state index < -0.39 is 0 Å². The molecule has 3 heterocycles. The van der Waals surface area contributed by atoms with Gasteiger partial charge in [0.15, 0.2) is 5.16 Å². The highest BCUT2D eigenvalue weighted by Gasteiger charge is 2.32. The standard InChI is InChI=1S/C24H29N7OS/c32-22(25-21-15-20(17-9-10-17)28-31(21)19-7-3-1-4-8-19)16-33-24-27-26-23(30(24)18-11-12-18)29-13-5-2-6-14-29/h1,3-4,7-8,15,17-18H,2,5-6,9-14,16H2,(H,25,32). The minimum atomic E-state index is -0.0516. The minimum Gasteiger partial charge on any atom is -0.341 e. The first-order chi connectivity index (χ1) is 16.3. The number of rotatable bonds is 8. The highest BCUT2D eigenvalue weighted by atomic mass is 32.2. The van der Waals surface area contributed by atoms with Gasteiger partial charge in [-0.3, -0.25) is 9.36 Å². The lowest BCUT2D eigenvalue weighted by Gasteiger charge is -2.27. The molecule has 1 saturated heterocycles. The second kappa shape index (κ2) is 8.85. The lowest BCUT2D eigenvalue weighted by molar-refractivity contribution is -0.113. The number of amides is 1. The number of aromatic nitrogens is 5. The summed E-state index contributed by atoms with van der Waals surface area (Å²) in [6.45, 7) is 2.09. The van der Waals surface area contributed by atoms with E-state index in [1.807, 2.05) is 41.1 Å². The van der Waals surface area contributed by atoms with E-state index in [1.165, 1.54) is 56.7 Å². The van der Waals surface area contributed by atoms with Crippen molar-refractivity contribution in [3.63, 3.8) is 0 Å². The van der Waals surface area contributed by atoms with Crippen LogP contribution in [-0.4, -0.2) is 49.3 Å². The Labute approximate surface area is 197 Å². The summed E-state index contributed by atoms with van der Waals surface area (Å²) in [5.41, 5.74) is 2.01. The van der Waals surface area contributed by atoms with E-state index in [4.69, 9.17) is 5.10 Å². The molecule has 0 radical (unpaired) electrons. The van der Waals surface area contributed by atoms with Crippen molar-refractivity contribution in [2.75, 3.05) is 29.1 Å². The second-order valence-corrected chi connectivity index (χ2v) is 10.2. The number of nitrogens with zero attached hydrogens (tertiary/aromatic N) is 6. The molecule has 9 heteroatoms. The first-order valence-electron chi connectivity index (χ1n) is 12.0. The van der Waals surface area contributed by atoms with Crippen molar-refractivity contribution in [1.29, 1.82) is 0 Å². The predicted octanol–water partition coefficient (Wildman–Crippen LogP) is 4.40. The summed E-state index contributed by atoms with van der Waals surface area (Å²) < 4.78 is 4.11. The number of nitrogens with one attached hydrogen (secondary N) is 1. The van der Waals surface area contributed by atoms with E-state index in [9.17, 15) is 4.79 Å². The predicted molar refractivity (Wildman–Crippen MR) is 129 cm³/mol. The highest BCUT2D eigenvalue weighted by molar-refractivity contribution is 7.99. The summed E-state index contributed by atoms with van der Waals surface area (Å²) in [5.74, 6) is 2.47. The van der Waals surface area contributed by atoms with Gasteiger partial charge in [-0.15, -0.1) is 10.2 Å². The molecule has 6 rings (SSSR count). The van der Waals surface area contributed by atoms with Gasteiger partial charge in [-0.1, -0.05) is 30.0 Å². The molecule has 0 unspecified atom stereocenters. The molecule has 0 bridgehead atoms. The third-order valence-electron chi connectivity index (χ3n) is 6.52. The molecule has 1 aliphatic heterocycles. The van der Waals surface area contributed by atoms with Crippen molar-refractivity contribution in [1.82, 2.24) is 24.5 Å². The molecule has 2 saturated carbocycles. The lowest BCUT2D eigenvalue weighted by atomic mass is 10.1. The summed E-state index contributed by atoms with van der Waals surface area (Å²) in [5, 5.41) is 17.7. The molecule has 1 N–H and O–H groups in total. The van der Waals surface area contributed by atoms with Gasteiger partial charge in [0.2, 0.25) is 11.9 Å². The van der Waals surface area contributed by atoms with Gasteiger partial charge in [0.1, 0.15) is 5.82 Å². The molecular formula is C24H29N7OS. The smallest absolute Gasteiger partial charge is 0.236 e. The maximum atomic E-state index is 12.9. The fourth-order valence-electron chi connectivity index (χ4n) is 4.47. The van der Waals surface area contributed by atoms with Crippen molar-refractivity contribution in [2.45, 2.75) is 62.1 Å². The van der Waals surface area contributed by atoms with Gasteiger partial charge in [-0.05, 0) is 57.1 Å². The van der Waals surface area contributed by atoms with E-state index in [-0.39, 0.29) is 5.91 Å². The Balaban J connectivity index is 1.16. The van der Waals surface area contributed by atoms with Crippen LogP contribution >= 0.6 is 11.8 Å². The average molecular weight is 464 g/mol. The van der Waals surface area contributed by atoms with Crippen molar-refractivity contribution >= 4 is 29.4 Å². The van der Waals surface area contributed by atoms with Crippen LogP contribution in [0, 0.1) is 0 Å². The van der Waals surface area contributed by atoms with Crippen LogP contribution in [0.2, 0.25) is 0 Å². The molecule has 172 valence electrons. The zero-order valence-corrected chi connectivity index (χ0v) is 19.5. The third kappa shape index (κ3) is 4.51. The van der Waals surface area contributed by atoms with Crippen molar-refractivity contribution < 1.29 is 4.79 Å². The summed E-state index contributed by atoms with van der Waals surface area (Å²) in [7, 11) is 0. The molecule has 3 aromatic rings. The van der Waals surface area contributed by atoms with Gasteiger partial charge < -0.3 is 10.2 Å². The lowest BCUT2D eigenvalue weighted by Crippen LogP contribution is -2.32. The minimum absolute atomic E-state index is 0.0516. The number of benzene rings is 1. The highest BCUT2D eigenvalue weighted by Crippen LogP contribution is 2.42. The van der Waals surface area contributed by atoms with Gasteiger partial charge in [0.25, 0.3) is 0 Å². The molecule has 0 spiro atoms. The molecule has 1 amide bonds. The zero-order chi connectivity index (χ0) is 22.2. The Morgan fingerprint density at radius 1 is 1.03 bits per heavy atom. The van der Waals surface area contributed by atoms with Gasteiger partial charge in [0.05, 0.1) is 17.1 Å². The molecule has 1 aromatic carbocycles. The number of carbonyl (C=O) groups excluding carboxylic acids is 1. The van der Waals surface area contributed by atoms with Crippen LogP contribution in [0.4, 0.5) is 11.8 Å². The van der Waals surface area contributed by atoms with Crippen molar-refractivity contribution in [2.24, 2.45) is 0 Å². The fourth-order valence-corrected chi connectivity index (χ4v) is 5.27. The van der Waals surface area contributed by atoms with Gasteiger partial charge in [0, 0.05) is 31.1 Å². The van der Waals surface area contributed by atoms with Crippen LogP contribution in [-0.2, 0) is 4.79 Å². The summed E-state index contributed by atoms with van der Waals surface area (Å²) >= 11 is 1.48. The Morgan fingerprint density at radius 2 is 1.82 bits per heavy atom. The molecular weight excluding hydrogens is 434 g/mol. The van der Waals surface area contributed by atoms with Crippen molar-refractivity contribution in [3.05, 3.63) is 42.1 Å². The molecule has 33 heavy (non-hydrogen) atoms. The summed E-state index contributed by atoms with van der Waals surface area (Å²) in [6.07, 6.45) is 8.38. The molecule has 2 aliphatic carbocycles. The van der Waals surface area contributed by atoms with E-state index in [1.54, 1.807) is 0 Å². The number of hydrogen-bond acceptors (Lipinski definition) is 6. The number of thioether (sulfide) groups is 1. The first kappa shape index (κ1) is 20.8. The normalized spacial score (nSPS) is 18.5. The van der Waals surface area contributed by atoms with Crippen LogP contribution in [0.3, 0.4) is 0 Å². The van der Waals surface area contributed by atoms with Crippen LogP contribution in [0.25, 0.3) is 5.69 Å². The fraction of sp³-hybridized carbons (Fsp3) is 0.500. The van der Waals surface area contributed by atoms with Gasteiger partial charge >= 0.3 is 0 Å². The second-order valence-electron chi connectivity index (χ2n) is 9.24. The molecule has 0 atom stereocenters. The maximum Gasteiger partial charge on any atom is 0.236 e. The number of carbonyl (C=O) groups is 1. The summed E-state index contributed by atoms with van der Waals surface area (Å²) in [6, 6.07) is 12.5. The number of para-hydroxylation sites is 1. The zero-order valence-electron chi connectivity index (χ0n) is 18.7. The van der Waals surface area contributed by atoms with E-state index in [2.05, 4.69) is 25.0 Å². The summed E-state index contributed by atoms with van der Waals surface area (Å²) in [4.78, 5) is 15.3. The van der Waals surface area contributed by atoms with Crippen LogP contribution in [0.15, 0.2) is 41.6 Å². The molecule has 8 nitrogen and oxygen atoms in total. The van der Waals surface area contributed by atoms with Crippen LogP contribution in [0.5, 0.6) is 0 Å². The Morgan fingerprint density at radius 3 is 2.55 bits per heavy atom. The Hall–Kier alpha value is -2.81. The maximum absolute atomic E-state index is 12.9. The van der Waals surface area contributed by atoms with E-state index in [0.717, 1.165) is 41.4 Å². The largest absolute Gasteiger partial charge is 0.341 e. The van der Waals surface area contributed by atoms with Gasteiger partial charge in [-0.2, -0.15) is 5.10 Å². The van der Waals surface area contributed by atoms with Gasteiger partial charge in [-0.25, -0.2) is 4.68 Å². The quantitative estimate of drug-likeness (QED) is 0.499. The number of hydrogen-bond donors (Lipinski definition) is 1. The molecule has 3 fully saturated rings. The first-order valence-corrected chi connectivity index (χ1v) is 13.0. The van der Waals surface area contributed by atoms with E-state index >= 15 is 0 Å². The number of anilines is 2. The number of piperidine rings is 1. The van der Waals surface area contributed by atoms with Crippen LogP contribution in [0.1, 0.15) is 62.6 Å². The SMILES string of the molecule is O=C(CSc1nnc(N2CCCCC2)n1C1CC1)Nc1cc(C2CC2)nn1-c1ccccc1. The Bertz CT molecular complexity index is 1130. The Kier molecular flexibility index (Phi) is 5.57. The molecule has 3 aliphatic rings. The van der Waals surface area contributed by atoms with E-state index in [0.29, 0.717) is 17.7 Å². The topological polar surface area (TPSA) is 80.9 Å². The third-order valence-corrected chi connectivity index (χ3v) is 7.47. The molecule has 2 aromatic heterocycles. The monoisotopic (exact) mass is 463 g/mol. The average Bonchev–Trinajstić information content (AvgIpc) is 3.79. The van der Waals surface area contributed by atoms with Crippen LogP contribution < -0.4 is 10.2 Å².